The second-order valence-corrected chi connectivity index (χ2v) is 9.48. The number of hydrogen-bond donors (Lipinski definition) is 1. The summed E-state index contributed by atoms with van der Waals surface area (Å²) in [6.45, 7) is 4.03. The predicted octanol–water partition coefficient (Wildman–Crippen LogP) is 3.36. The summed E-state index contributed by atoms with van der Waals surface area (Å²) in [6.07, 6.45) is 5.30. The number of para-hydroxylation sites is 1. The number of thioether (sulfide) groups is 1. The van der Waals surface area contributed by atoms with Crippen LogP contribution >= 0.6 is 11.8 Å². The number of nitrogens with one attached hydrogen (secondary N) is 1. The standard InChI is InChI=1S/C21H27N3O2S/c1-12(17-11-14-8-9-15(17)10-14)22-19(25)13(2)27-21-23-18-7-5-4-6-16(18)20(26)24(21)3/h4-7,12-15,17H,8-11H2,1-3H3,(H,22,25)/t12-,13-,14-,15-,17+/m0/s1. The van der Waals surface area contributed by atoms with Crippen LogP contribution in [0.4, 0.5) is 0 Å². The largest absolute Gasteiger partial charge is 0.352 e. The van der Waals surface area contributed by atoms with E-state index < -0.39 is 0 Å². The minimum Gasteiger partial charge on any atom is -0.352 e. The molecule has 1 amide bonds. The van der Waals surface area contributed by atoms with Gasteiger partial charge in [0.2, 0.25) is 5.91 Å². The van der Waals surface area contributed by atoms with Crippen molar-refractivity contribution in [1.82, 2.24) is 14.9 Å². The smallest absolute Gasteiger partial charge is 0.261 e. The zero-order valence-electron chi connectivity index (χ0n) is 16.1. The van der Waals surface area contributed by atoms with Crippen LogP contribution in [0.5, 0.6) is 0 Å². The van der Waals surface area contributed by atoms with Gasteiger partial charge >= 0.3 is 0 Å². The van der Waals surface area contributed by atoms with E-state index in [9.17, 15) is 9.59 Å². The summed E-state index contributed by atoms with van der Waals surface area (Å²) in [5.41, 5.74) is 0.595. The van der Waals surface area contributed by atoms with Gasteiger partial charge in [-0.1, -0.05) is 30.3 Å². The second kappa shape index (κ2) is 7.30. The normalized spacial score (nSPS) is 26.3. The molecule has 1 aromatic heterocycles. The van der Waals surface area contributed by atoms with Gasteiger partial charge in [-0.3, -0.25) is 14.2 Å². The zero-order chi connectivity index (χ0) is 19.1. The molecular formula is C21H27N3O2S. The number of nitrogens with zero attached hydrogens (tertiary/aromatic N) is 2. The van der Waals surface area contributed by atoms with Gasteiger partial charge in [-0.25, -0.2) is 4.98 Å². The number of rotatable bonds is 5. The topological polar surface area (TPSA) is 64.0 Å². The third-order valence-electron chi connectivity index (χ3n) is 6.40. The second-order valence-electron chi connectivity index (χ2n) is 8.17. The number of aromatic nitrogens is 2. The van der Waals surface area contributed by atoms with Crippen LogP contribution in [0.1, 0.15) is 39.5 Å². The van der Waals surface area contributed by atoms with E-state index in [0.717, 1.165) is 11.8 Å². The lowest BCUT2D eigenvalue weighted by Gasteiger charge is -2.29. The van der Waals surface area contributed by atoms with Crippen LogP contribution in [0.2, 0.25) is 0 Å². The van der Waals surface area contributed by atoms with Crippen LogP contribution in [0.15, 0.2) is 34.2 Å². The summed E-state index contributed by atoms with van der Waals surface area (Å²) in [5, 5.41) is 4.10. The Morgan fingerprint density at radius 2 is 2.04 bits per heavy atom. The average molecular weight is 386 g/mol. The van der Waals surface area contributed by atoms with E-state index in [2.05, 4.69) is 17.2 Å². The minimum atomic E-state index is -0.301. The molecule has 1 aromatic carbocycles. The maximum Gasteiger partial charge on any atom is 0.261 e. The maximum atomic E-state index is 12.7. The lowest BCUT2D eigenvalue weighted by Crippen LogP contribution is -2.43. The van der Waals surface area contributed by atoms with Crippen molar-refractivity contribution in [3.8, 4) is 0 Å². The Morgan fingerprint density at radius 1 is 1.26 bits per heavy atom. The molecule has 0 radical (unpaired) electrons. The molecule has 5 nitrogen and oxygen atoms in total. The molecule has 144 valence electrons. The molecular weight excluding hydrogens is 358 g/mol. The van der Waals surface area contributed by atoms with E-state index in [4.69, 9.17) is 0 Å². The number of carbonyl (C=O) groups excluding carboxylic acids is 1. The Balaban J connectivity index is 1.45. The highest BCUT2D eigenvalue weighted by molar-refractivity contribution is 8.00. The first-order valence-corrected chi connectivity index (χ1v) is 10.7. The van der Waals surface area contributed by atoms with Crippen molar-refractivity contribution in [2.24, 2.45) is 24.8 Å². The molecule has 5 atom stereocenters. The van der Waals surface area contributed by atoms with E-state index in [0.29, 0.717) is 22.0 Å². The highest BCUT2D eigenvalue weighted by Gasteiger charge is 2.42. The molecule has 0 aliphatic heterocycles. The molecule has 4 rings (SSSR count). The summed E-state index contributed by atoms with van der Waals surface area (Å²) >= 11 is 1.35. The molecule has 2 aliphatic rings. The van der Waals surface area contributed by atoms with Gasteiger partial charge in [-0.2, -0.15) is 0 Å². The zero-order valence-corrected chi connectivity index (χ0v) is 17.0. The fraction of sp³-hybridized carbons (Fsp3) is 0.571. The highest BCUT2D eigenvalue weighted by Crippen LogP contribution is 2.49. The van der Waals surface area contributed by atoms with Crippen LogP contribution in [0, 0.1) is 17.8 Å². The first-order valence-electron chi connectivity index (χ1n) is 9.87. The number of amides is 1. The van der Waals surface area contributed by atoms with Gasteiger partial charge in [0.15, 0.2) is 5.16 Å². The van der Waals surface area contributed by atoms with Gasteiger partial charge < -0.3 is 5.32 Å². The van der Waals surface area contributed by atoms with Crippen LogP contribution in [0.3, 0.4) is 0 Å². The third kappa shape index (κ3) is 3.51. The number of carbonyl (C=O) groups is 1. The van der Waals surface area contributed by atoms with Gasteiger partial charge in [0, 0.05) is 13.1 Å². The molecule has 0 unspecified atom stereocenters. The van der Waals surface area contributed by atoms with Crippen molar-refractivity contribution in [3.05, 3.63) is 34.6 Å². The third-order valence-corrected chi connectivity index (χ3v) is 7.54. The molecule has 2 bridgehead atoms. The highest BCUT2D eigenvalue weighted by atomic mass is 32.2. The van der Waals surface area contributed by atoms with Crippen LogP contribution in [0.25, 0.3) is 10.9 Å². The van der Waals surface area contributed by atoms with Gasteiger partial charge in [-0.05, 0) is 63.0 Å². The number of benzene rings is 1. The van der Waals surface area contributed by atoms with Crippen molar-refractivity contribution >= 4 is 28.6 Å². The summed E-state index contributed by atoms with van der Waals surface area (Å²) in [5.74, 6) is 2.31. The average Bonchev–Trinajstić information content (AvgIpc) is 3.29. The Morgan fingerprint density at radius 3 is 2.74 bits per heavy atom. The van der Waals surface area contributed by atoms with Crippen molar-refractivity contribution in [2.45, 2.75) is 56.0 Å². The monoisotopic (exact) mass is 385 g/mol. The van der Waals surface area contributed by atoms with Crippen LogP contribution in [-0.2, 0) is 11.8 Å². The summed E-state index contributed by atoms with van der Waals surface area (Å²) < 4.78 is 1.54. The lowest BCUT2D eigenvalue weighted by molar-refractivity contribution is -0.121. The van der Waals surface area contributed by atoms with E-state index in [1.165, 1.54) is 42.0 Å². The van der Waals surface area contributed by atoms with E-state index >= 15 is 0 Å². The van der Waals surface area contributed by atoms with E-state index in [1.54, 1.807) is 13.1 Å². The minimum absolute atomic E-state index is 0.0256. The van der Waals surface area contributed by atoms with Gasteiger partial charge in [-0.15, -0.1) is 0 Å². The molecule has 1 N–H and O–H groups in total. The molecule has 1 heterocycles. The van der Waals surface area contributed by atoms with Gasteiger partial charge in [0.25, 0.3) is 5.56 Å². The summed E-state index contributed by atoms with van der Waals surface area (Å²) in [7, 11) is 1.71. The Bertz CT molecular complexity index is 925. The molecule has 2 aliphatic carbocycles. The van der Waals surface area contributed by atoms with Crippen molar-refractivity contribution in [2.75, 3.05) is 0 Å². The first kappa shape index (κ1) is 18.5. The Hall–Kier alpha value is -1.82. The van der Waals surface area contributed by atoms with E-state index in [-0.39, 0.29) is 22.8 Å². The quantitative estimate of drug-likeness (QED) is 0.633. The maximum absolute atomic E-state index is 12.7. The number of fused-ring (bicyclic) bond motifs is 3. The molecule has 6 heteroatoms. The fourth-order valence-electron chi connectivity index (χ4n) is 4.87. The fourth-order valence-corrected chi connectivity index (χ4v) is 5.75. The Kier molecular flexibility index (Phi) is 5.01. The van der Waals surface area contributed by atoms with Gasteiger partial charge in [0.05, 0.1) is 16.2 Å². The first-order chi connectivity index (χ1) is 12.9. The van der Waals surface area contributed by atoms with Crippen LogP contribution in [-0.4, -0.2) is 26.8 Å². The van der Waals surface area contributed by atoms with Gasteiger partial charge in [0.1, 0.15) is 0 Å². The van der Waals surface area contributed by atoms with E-state index in [1.807, 2.05) is 25.1 Å². The van der Waals surface area contributed by atoms with Crippen molar-refractivity contribution < 1.29 is 4.79 Å². The molecule has 0 saturated heterocycles. The summed E-state index contributed by atoms with van der Waals surface area (Å²) in [6, 6.07) is 7.54. The molecule has 2 saturated carbocycles. The SMILES string of the molecule is C[C@H](Sc1nc2ccccc2c(=O)n1C)C(=O)N[C@@H](C)[C@H]1C[C@H]2CC[C@H]1C2. The molecule has 2 aromatic rings. The molecule has 2 fully saturated rings. The molecule has 0 spiro atoms. The van der Waals surface area contributed by atoms with Crippen molar-refractivity contribution in [3.63, 3.8) is 0 Å². The number of hydrogen-bond acceptors (Lipinski definition) is 4. The summed E-state index contributed by atoms with van der Waals surface area (Å²) in [4.78, 5) is 29.9. The Labute approximate surface area is 163 Å². The van der Waals surface area contributed by atoms with Crippen molar-refractivity contribution in [1.29, 1.82) is 0 Å². The van der Waals surface area contributed by atoms with Crippen LogP contribution < -0.4 is 10.9 Å². The molecule has 27 heavy (non-hydrogen) atoms. The lowest BCUT2D eigenvalue weighted by atomic mass is 9.84. The predicted molar refractivity (Wildman–Crippen MR) is 109 cm³/mol.